The van der Waals surface area contributed by atoms with E-state index in [0.717, 1.165) is 80.1 Å². The quantitative estimate of drug-likeness (QED) is 0.653. The molecule has 1 aromatic carbocycles. The van der Waals surface area contributed by atoms with E-state index in [4.69, 9.17) is 25.8 Å². The summed E-state index contributed by atoms with van der Waals surface area (Å²) < 4.78 is 16.9. The molecule has 2 aromatic rings. The van der Waals surface area contributed by atoms with Crippen LogP contribution in [0.2, 0.25) is 5.02 Å². The molecule has 6 rings (SSSR count). The third kappa shape index (κ3) is 4.27. The van der Waals surface area contributed by atoms with Gasteiger partial charge in [0.2, 0.25) is 5.91 Å². The Morgan fingerprint density at radius 3 is 2.67 bits per heavy atom. The van der Waals surface area contributed by atoms with Gasteiger partial charge in [-0.05, 0) is 55.2 Å². The summed E-state index contributed by atoms with van der Waals surface area (Å²) in [5, 5.41) is 5.77. The Hall–Kier alpha value is -1.97. The molecule has 4 aliphatic rings. The van der Waals surface area contributed by atoms with Crippen LogP contribution >= 0.6 is 11.6 Å². The Kier molecular flexibility index (Phi) is 6.37. The van der Waals surface area contributed by atoms with Gasteiger partial charge in [0.15, 0.2) is 0 Å². The molecule has 36 heavy (non-hydrogen) atoms. The Labute approximate surface area is 217 Å². The summed E-state index contributed by atoms with van der Waals surface area (Å²) in [5.41, 5.74) is 1.07. The number of nitrogens with zero attached hydrogens (tertiary/aromatic N) is 3. The number of methoxy groups -OCH3 is 1. The summed E-state index contributed by atoms with van der Waals surface area (Å²) in [7, 11) is 1.77. The van der Waals surface area contributed by atoms with Crippen LogP contribution < -0.4 is 10.2 Å². The standard InChI is InChI=1S/C27H35ClN4O4/c1-26(17-36-16-23(26)34-2)32-7-5-31(6-8-32)22-12-18-13-24(29-15-19(18)11-21(22)28)30-25(33)20-14-27(20)3-9-35-10-4-27/h11-13,15,20,23H,3-10,14,16-17H2,1-2H3,(H,29,30,33)/t20-,23+,26+/m1/s1. The van der Waals surface area contributed by atoms with Gasteiger partial charge in [0, 0.05) is 64.0 Å². The molecule has 4 fully saturated rings. The van der Waals surface area contributed by atoms with Gasteiger partial charge in [-0.2, -0.15) is 0 Å². The Bertz CT molecular complexity index is 1150. The molecule has 1 saturated carbocycles. The number of halogens is 1. The van der Waals surface area contributed by atoms with Crippen molar-refractivity contribution in [3.63, 3.8) is 0 Å². The van der Waals surface area contributed by atoms with Crippen LogP contribution in [0, 0.1) is 11.3 Å². The van der Waals surface area contributed by atoms with Crippen LogP contribution in [-0.4, -0.2) is 87.2 Å². The minimum Gasteiger partial charge on any atom is -0.381 e. The predicted octanol–water partition coefficient (Wildman–Crippen LogP) is 3.57. The van der Waals surface area contributed by atoms with Crippen molar-refractivity contribution in [1.29, 1.82) is 0 Å². The molecule has 1 aromatic heterocycles. The van der Waals surface area contributed by atoms with Crippen molar-refractivity contribution in [1.82, 2.24) is 9.88 Å². The molecule has 0 radical (unpaired) electrons. The lowest BCUT2D eigenvalue weighted by Gasteiger charge is -2.46. The summed E-state index contributed by atoms with van der Waals surface area (Å²) >= 11 is 6.73. The van der Waals surface area contributed by atoms with E-state index in [0.29, 0.717) is 19.0 Å². The van der Waals surface area contributed by atoms with Crippen molar-refractivity contribution in [3.05, 3.63) is 29.4 Å². The highest BCUT2D eigenvalue weighted by molar-refractivity contribution is 6.34. The summed E-state index contributed by atoms with van der Waals surface area (Å²) in [6, 6.07) is 6.06. The number of amides is 1. The first kappa shape index (κ1) is 24.4. The second-order valence-corrected chi connectivity index (χ2v) is 11.4. The average Bonchev–Trinajstić information content (AvgIpc) is 3.44. The summed E-state index contributed by atoms with van der Waals surface area (Å²) in [6.45, 7) is 8.68. The van der Waals surface area contributed by atoms with E-state index in [1.54, 1.807) is 13.3 Å². The Morgan fingerprint density at radius 1 is 1.14 bits per heavy atom. The fraction of sp³-hybridized carbons (Fsp3) is 0.630. The lowest BCUT2D eigenvalue weighted by atomic mass is 9.93. The maximum Gasteiger partial charge on any atom is 0.229 e. The first-order chi connectivity index (χ1) is 17.4. The van der Waals surface area contributed by atoms with Gasteiger partial charge in [-0.3, -0.25) is 9.69 Å². The van der Waals surface area contributed by atoms with E-state index in [9.17, 15) is 4.79 Å². The number of piperazine rings is 1. The lowest BCUT2D eigenvalue weighted by molar-refractivity contribution is -0.118. The highest BCUT2D eigenvalue weighted by Gasteiger charge is 2.58. The largest absolute Gasteiger partial charge is 0.381 e. The van der Waals surface area contributed by atoms with Gasteiger partial charge in [0.25, 0.3) is 0 Å². The fourth-order valence-electron chi connectivity index (χ4n) is 6.45. The molecule has 1 aliphatic carbocycles. The molecule has 0 bridgehead atoms. The summed E-state index contributed by atoms with van der Waals surface area (Å²) in [6.07, 6.45) is 4.79. The van der Waals surface area contributed by atoms with Gasteiger partial charge in [0.05, 0.1) is 29.5 Å². The van der Waals surface area contributed by atoms with Crippen molar-refractivity contribution in [2.24, 2.45) is 11.3 Å². The molecule has 1 N–H and O–H groups in total. The van der Waals surface area contributed by atoms with Crippen molar-refractivity contribution < 1.29 is 19.0 Å². The van der Waals surface area contributed by atoms with Crippen molar-refractivity contribution in [2.75, 3.05) is 69.9 Å². The molecule has 194 valence electrons. The van der Waals surface area contributed by atoms with E-state index >= 15 is 0 Å². The number of carbonyl (C=O) groups is 1. The van der Waals surface area contributed by atoms with Gasteiger partial charge in [-0.15, -0.1) is 0 Å². The van der Waals surface area contributed by atoms with Crippen LogP contribution in [0.3, 0.4) is 0 Å². The minimum atomic E-state index is -0.0996. The zero-order valence-corrected chi connectivity index (χ0v) is 21.9. The molecule has 8 nitrogen and oxygen atoms in total. The van der Waals surface area contributed by atoms with Crippen molar-refractivity contribution >= 4 is 39.8 Å². The molecule has 4 heterocycles. The third-order valence-corrected chi connectivity index (χ3v) is 9.32. The van der Waals surface area contributed by atoms with Gasteiger partial charge in [-0.25, -0.2) is 4.98 Å². The second-order valence-electron chi connectivity index (χ2n) is 11.0. The normalized spacial score (nSPS) is 30.1. The van der Waals surface area contributed by atoms with E-state index in [-0.39, 0.29) is 28.9 Å². The summed E-state index contributed by atoms with van der Waals surface area (Å²) in [5.74, 6) is 0.744. The number of hydrogen-bond donors (Lipinski definition) is 1. The number of hydrogen-bond acceptors (Lipinski definition) is 7. The molecular weight excluding hydrogens is 480 g/mol. The SMILES string of the molecule is CO[C@H]1COC[C@]1(C)N1CCN(c2cc3cc(NC(=O)[C@H]4CC45CCOCC5)ncc3cc2Cl)CC1. The van der Waals surface area contributed by atoms with E-state index in [1.807, 2.05) is 12.1 Å². The Morgan fingerprint density at radius 2 is 1.92 bits per heavy atom. The Balaban J connectivity index is 1.15. The first-order valence-corrected chi connectivity index (χ1v) is 13.4. The number of fused-ring (bicyclic) bond motifs is 1. The number of rotatable bonds is 5. The number of pyridine rings is 1. The molecule has 1 spiro atoms. The molecule has 3 atom stereocenters. The number of carbonyl (C=O) groups excluding carboxylic acids is 1. The molecule has 9 heteroatoms. The van der Waals surface area contributed by atoms with Crippen LogP contribution in [0.1, 0.15) is 26.2 Å². The average molecular weight is 515 g/mol. The number of ether oxygens (including phenoxy) is 3. The van der Waals surface area contributed by atoms with Crippen LogP contribution in [-0.2, 0) is 19.0 Å². The predicted molar refractivity (Wildman–Crippen MR) is 140 cm³/mol. The van der Waals surface area contributed by atoms with Crippen LogP contribution in [0.5, 0.6) is 0 Å². The smallest absolute Gasteiger partial charge is 0.229 e. The molecule has 0 unspecified atom stereocenters. The van der Waals surface area contributed by atoms with Crippen molar-refractivity contribution in [2.45, 2.75) is 37.8 Å². The number of benzene rings is 1. The van der Waals surface area contributed by atoms with Gasteiger partial charge >= 0.3 is 0 Å². The summed E-state index contributed by atoms with van der Waals surface area (Å²) in [4.78, 5) is 22.2. The van der Waals surface area contributed by atoms with Gasteiger partial charge < -0.3 is 24.4 Å². The van der Waals surface area contributed by atoms with Crippen molar-refractivity contribution in [3.8, 4) is 0 Å². The molecular formula is C27H35ClN4O4. The second kappa shape index (κ2) is 9.40. The third-order valence-electron chi connectivity index (χ3n) is 9.02. The van der Waals surface area contributed by atoms with E-state index < -0.39 is 0 Å². The number of aromatic nitrogens is 1. The number of anilines is 2. The van der Waals surface area contributed by atoms with E-state index in [1.165, 1.54) is 0 Å². The molecule has 3 aliphatic heterocycles. The topological polar surface area (TPSA) is 76.2 Å². The zero-order valence-electron chi connectivity index (χ0n) is 21.1. The van der Waals surface area contributed by atoms with Crippen LogP contribution in [0.4, 0.5) is 11.5 Å². The van der Waals surface area contributed by atoms with Gasteiger partial charge in [0.1, 0.15) is 11.9 Å². The first-order valence-electron chi connectivity index (χ1n) is 13.0. The van der Waals surface area contributed by atoms with Gasteiger partial charge in [-0.1, -0.05) is 11.6 Å². The molecule has 3 saturated heterocycles. The maximum atomic E-state index is 12.9. The fourth-order valence-corrected chi connectivity index (χ4v) is 6.74. The number of nitrogens with one attached hydrogen (secondary N) is 1. The van der Waals surface area contributed by atoms with Crippen LogP contribution in [0.15, 0.2) is 24.4 Å². The van der Waals surface area contributed by atoms with Crippen LogP contribution in [0.25, 0.3) is 10.8 Å². The highest BCUT2D eigenvalue weighted by atomic mass is 35.5. The molecule has 1 amide bonds. The minimum absolute atomic E-state index is 0.0702. The zero-order chi connectivity index (χ0) is 24.9. The van der Waals surface area contributed by atoms with E-state index in [2.05, 4.69) is 33.1 Å². The monoisotopic (exact) mass is 514 g/mol. The highest BCUT2D eigenvalue weighted by Crippen LogP contribution is 2.59. The maximum absolute atomic E-state index is 12.9. The lowest BCUT2D eigenvalue weighted by Crippen LogP contribution is -2.61.